The zero-order valence-corrected chi connectivity index (χ0v) is 10.8. The lowest BCUT2D eigenvalue weighted by Gasteiger charge is -2.10. The van der Waals surface area contributed by atoms with E-state index in [4.69, 9.17) is 0 Å². The molecule has 0 radical (unpaired) electrons. The van der Waals surface area contributed by atoms with Gasteiger partial charge in [-0.05, 0) is 18.6 Å². The largest absolute Gasteiger partial charge is 0.353 e. The Labute approximate surface area is 111 Å². The molecule has 0 spiro atoms. The van der Waals surface area contributed by atoms with Crippen LogP contribution in [0, 0.1) is 0 Å². The quantitative estimate of drug-likeness (QED) is 0.620. The van der Waals surface area contributed by atoms with E-state index in [1.54, 1.807) is 11.8 Å². The molecule has 0 aliphatic carbocycles. The maximum absolute atomic E-state index is 11.7. The number of benzene rings is 1. The maximum atomic E-state index is 11.7. The van der Waals surface area contributed by atoms with E-state index >= 15 is 0 Å². The minimum atomic E-state index is -0.334. The van der Waals surface area contributed by atoms with Crippen molar-refractivity contribution < 1.29 is 9.59 Å². The number of nitrogens with one attached hydrogen (secondary N) is 2. The summed E-state index contributed by atoms with van der Waals surface area (Å²) in [6, 6.07) is 9.73. The normalized spacial score (nSPS) is 18.4. The number of hydrogen-bond donors (Lipinski definition) is 2. The minimum Gasteiger partial charge on any atom is -0.353 e. The van der Waals surface area contributed by atoms with Crippen LogP contribution in [-0.4, -0.2) is 30.2 Å². The van der Waals surface area contributed by atoms with Crippen molar-refractivity contribution in [2.24, 2.45) is 0 Å². The fourth-order valence-electron chi connectivity index (χ4n) is 1.79. The van der Waals surface area contributed by atoms with Gasteiger partial charge in [-0.15, -0.1) is 11.8 Å². The lowest BCUT2D eigenvalue weighted by molar-refractivity contribution is -0.125. The van der Waals surface area contributed by atoms with Crippen LogP contribution in [0.25, 0.3) is 0 Å². The highest BCUT2D eigenvalue weighted by Crippen LogP contribution is 2.15. The predicted octanol–water partition coefficient (Wildman–Crippen LogP) is 1.17. The molecule has 1 atom stereocenters. The molecule has 4 nitrogen and oxygen atoms in total. The van der Waals surface area contributed by atoms with Crippen molar-refractivity contribution in [2.75, 3.05) is 12.3 Å². The molecule has 1 heterocycles. The van der Waals surface area contributed by atoms with Gasteiger partial charge in [0.2, 0.25) is 11.8 Å². The Morgan fingerprint density at radius 1 is 1.39 bits per heavy atom. The van der Waals surface area contributed by atoms with E-state index in [0.29, 0.717) is 19.4 Å². The number of carbonyl (C=O) groups is 2. The van der Waals surface area contributed by atoms with Crippen LogP contribution in [0.1, 0.15) is 12.8 Å². The molecule has 1 fully saturated rings. The summed E-state index contributed by atoms with van der Waals surface area (Å²) in [7, 11) is 0. The molecule has 1 aliphatic rings. The van der Waals surface area contributed by atoms with Crippen molar-refractivity contribution in [1.82, 2.24) is 10.6 Å². The number of hydrogen-bond acceptors (Lipinski definition) is 3. The standard InChI is InChI=1S/C13H16N2O2S/c16-12-7-6-11(15-12)13(17)14-8-9-18-10-4-2-1-3-5-10/h1-5,11H,6-9H2,(H,14,17)(H,15,16)/t11-/m1/s1. The van der Waals surface area contributed by atoms with Gasteiger partial charge in [-0.2, -0.15) is 0 Å². The summed E-state index contributed by atoms with van der Waals surface area (Å²) in [5, 5.41) is 5.50. The van der Waals surface area contributed by atoms with Crippen molar-refractivity contribution in [2.45, 2.75) is 23.8 Å². The number of rotatable bonds is 5. The highest BCUT2D eigenvalue weighted by atomic mass is 32.2. The first-order valence-corrected chi connectivity index (χ1v) is 6.99. The molecule has 96 valence electrons. The van der Waals surface area contributed by atoms with Crippen molar-refractivity contribution in [3.8, 4) is 0 Å². The summed E-state index contributed by atoms with van der Waals surface area (Å²) in [6.45, 7) is 0.616. The van der Waals surface area contributed by atoms with Gasteiger partial charge < -0.3 is 10.6 Å². The van der Waals surface area contributed by atoms with Crippen LogP contribution in [0.2, 0.25) is 0 Å². The molecule has 1 aliphatic heterocycles. The first-order chi connectivity index (χ1) is 8.75. The topological polar surface area (TPSA) is 58.2 Å². The zero-order chi connectivity index (χ0) is 12.8. The summed E-state index contributed by atoms with van der Waals surface area (Å²) in [6.07, 6.45) is 1.06. The molecule has 1 aromatic carbocycles. The summed E-state index contributed by atoms with van der Waals surface area (Å²) < 4.78 is 0. The minimum absolute atomic E-state index is 0.0335. The molecule has 2 amide bonds. The Hall–Kier alpha value is -1.49. The molecule has 18 heavy (non-hydrogen) atoms. The van der Waals surface area contributed by atoms with Crippen molar-refractivity contribution in [3.63, 3.8) is 0 Å². The molecule has 0 aromatic heterocycles. The first kappa shape index (κ1) is 13.0. The summed E-state index contributed by atoms with van der Waals surface area (Å²) in [5.74, 6) is 0.722. The van der Waals surface area contributed by atoms with Crippen LogP contribution in [0.15, 0.2) is 35.2 Å². The summed E-state index contributed by atoms with van der Waals surface area (Å²) in [5.41, 5.74) is 0. The molecule has 2 N–H and O–H groups in total. The Morgan fingerprint density at radius 3 is 2.83 bits per heavy atom. The Bertz CT molecular complexity index is 422. The molecule has 2 rings (SSSR count). The van der Waals surface area contributed by atoms with Gasteiger partial charge in [0.15, 0.2) is 0 Å². The first-order valence-electron chi connectivity index (χ1n) is 6.00. The van der Waals surface area contributed by atoms with Crippen molar-refractivity contribution in [3.05, 3.63) is 30.3 Å². The molecule has 0 bridgehead atoms. The third-order valence-electron chi connectivity index (χ3n) is 2.73. The third-order valence-corrected chi connectivity index (χ3v) is 3.74. The third kappa shape index (κ3) is 3.77. The number of carbonyl (C=O) groups excluding carboxylic acids is 2. The van der Waals surface area contributed by atoms with E-state index in [0.717, 1.165) is 5.75 Å². The molecule has 1 aromatic rings. The Balaban J connectivity index is 1.63. The summed E-state index contributed by atoms with van der Waals surface area (Å²) >= 11 is 1.70. The van der Waals surface area contributed by atoms with Gasteiger partial charge in [0.1, 0.15) is 6.04 Å². The second kappa shape index (κ2) is 6.44. The SMILES string of the molecule is O=C1CC[C@H](C(=O)NCCSc2ccccc2)N1. The monoisotopic (exact) mass is 264 g/mol. The van der Waals surface area contributed by atoms with E-state index in [1.165, 1.54) is 4.90 Å². The zero-order valence-electron chi connectivity index (χ0n) is 10.0. The molecule has 1 saturated heterocycles. The summed E-state index contributed by atoms with van der Waals surface area (Å²) in [4.78, 5) is 23.8. The van der Waals surface area contributed by atoms with Gasteiger partial charge in [0, 0.05) is 23.6 Å². The van der Waals surface area contributed by atoms with Crippen molar-refractivity contribution >= 4 is 23.6 Å². The smallest absolute Gasteiger partial charge is 0.242 e. The van der Waals surface area contributed by atoms with Gasteiger partial charge in [-0.3, -0.25) is 9.59 Å². The van der Waals surface area contributed by atoms with Crippen molar-refractivity contribution in [1.29, 1.82) is 0 Å². The lowest BCUT2D eigenvalue weighted by atomic mass is 10.2. The van der Waals surface area contributed by atoms with E-state index in [9.17, 15) is 9.59 Å². The van der Waals surface area contributed by atoms with Gasteiger partial charge >= 0.3 is 0 Å². The van der Waals surface area contributed by atoms with Crippen LogP contribution in [0.5, 0.6) is 0 Å². The molecule has 0 saturated carbocycles. The fraction of sp³-hybridized carbons (Fsp3) is 0.385. The van der Waals surface area contributed by atoms with Crippen LogP contribution >= 0.6 is 11.8 Å². The van der Waals surface area contributed by atoms with Crippen LogP contribution in [0.4, 0.5) is 0 Å². The number of amides is 2. The second-order valence-corrected chi connectivity index (χ2v) is 5.28. The van der Waals surface area contributed by atoms with E-state index < -0.39 is 0 Å². The van der Waals surface area contributed by atoms with E-state index in [1.807, 2.05) is 30.3 Å². The van der Waals surface area contributed by atoms with E-state index in [-0.39, 0.29) is 17.9 Å². The Kier molecular flexibility index (Phi) is 4.64. The highest BCUT2D eigenvalue weighted by Gasteiger charge is 2.26. The second-order valence-electron chi connectivity index (χ2n) is 4.11. The average molecular weight is 264 g/mol. The molecular weight excluding hydrogens is 248 g/mol. The molecule has 0 unspecified atom stereocenters. The molecule has 5 heteroatoms. The predicted molar refractivity (Wildman–Crippen MR) is 71.3 cm³/mol. The van der Waals surface area contributed by atoms with Gasteiger partial charge in [-0.25, -0.2) is 0 Å². The number of thioether (sulfide) groups is 1. The van der Waals surface area contributed by atoms with Gasteiger partial charge in [0.05, 0.1) is 0 Å². The lowest BCUT2D eigenvalue weighted by Crippen LogP contribution is -2.42. The fourth-order valence-corrected chi connectivity index (χ4v) is 2.58. The molecular formula is C13H16N2O2S. The van der Waals surface area contributed by atoms with Gasteiger partial charge in [0.25, 0.3) is 0 Å². The van der Waals surface area contributed by atoms with Crippen LogP contribution in [-0.2, 0) is 9.59 Å². The van der Waals surface area contributed by atoms with E-state index in [2.05, 4.69) is 10.6 Å². The Morgan fingerprint density at radius 2 is 2.17 bits per heavy atom. The maximum Gasteiger partial charge on any atom is 0.242 e. The van der Waals surface area contributed by atoms with Crippen LogP contribution < -0.4 is 10.6 Å². The average Bonchev–Trinajstić information content (AvgIpc) is 2.82. The van der Waals surface area contributed by atoms with Gasteiger partial charge in [-0.1, -0.05) is 18.2 Å². The highest BCUT2D eigenvalue weighted by molar-refractivity contribution is 7.99. The van der Waals surface area contributed by atoms with Crippen LogP contribution in [0.3, 0.4) is 0 Å².